The molecule has 0 aliphatic carbocycles. The molecule has 1 N–H and O–H groups in total. The van der Waals surface area contributed by atoms with Gasteiger partial charge in [0.15, 0.2) is 6.23 Å². The Morgan fingerprint density at radius 2 is 1.84 bits per heavy atom. The number of benzene rings is 3. The summed E-state index contributed by atoms with van der Waals surface area (Å²) in [6.45, 7) is 0.461. The zero-order valence-electron chi connectivity index (χ0n) is 13.7. The van der Waals surface area contributed by atoms with Crippen molar-refractivity contribution in [3.63, 3.8) is 0 Å². The molecule has 0 spiro atoms. The molecule has 0 saturated heterocycles. The third-order valence-corrected chi connectivity index (χ3v) is 5.46. The molecule has 25 heavy (non-hydrogen) atoms. The van der Waals surface area contributed by atoms with Gasteiger partial charge in [0, 0.05) is 17.1 Å². The summed E-state index contributed by atoms with van der Waals surface area (Å²) < 4.78 is 5.19. The first-order valence-corrected chi connectivity index (χ1v) is 8.80. The van der Waals surface area contributed by atoms with Gasteiger partial charge in [-0.3, -0.25) is 4.79 Å². The minimum absolute atomic E-state index is 0.273. The third-order valence-electron chi connectivity index (χ3n) is 4.45. The lowest BCUT2D eigenvalue weighted by atomic mass is 10.0. The van der Waals surface area contributed by atoms with Crippen LogP contribution in [-0.4, -0.2) is 23.6 Å². The van der Waals surface area contributed by atoms with Crippen LogP contribution in [0.25, 0.3) is 10.8 Å². The van der Waals surface area contributed by atoms with E-state index in [1.807, 2.05) is 48.5 Å². The number of methoxy groups -OCH3 is 1. The Morgan fingerprint density at radius 1 is 1.08 bits per heavy atom. The highest BCUT2D eigenvalue weighted by atomic mass is 32.2. The number of carbonyl (C=O) groups excluding carboxylic acids is 1. The van der Waals surface area contributed by atoms with Crippen molar-refractivity contribution in [2.24, 2.45) is 0 Å². The normalized spacial score (nSPS) is 17.3. The van der Waals surface area contributed by atoms with E-state index in [-0.39, 0.29) is 5.12 Å². The molecule has 0 radical (unpaired) electrons. The molecule has 126 valence electrons. The molecule has 1 unspecified atom stereocenters. The number of hydrogen-bond donors (Lipinski definition) is 1. The highest BCUT2D eigenvalue weighted by Gasteiger charge is 2.30. The van der Waals surface area contributed by atoms with Crippen molar-refractivity contribution < 1.29 is 14.6 Å². The first kappa shape index (κ1) is 16.0. The molecule has 0 fully saturated rings. The second kappa shape index (κ2) is 6.43. The Balaban J connectivity index is 1.83. The second-order valence-corrected chi connectivity index (χ2v) is 6.93. The van der Waals surface area contributed by atoms with E-state index in [0.717, 1.165) is 44.4 Å². The number of thioether (sulfide) groups is 1. The van der Waals surface area contributed by atoms with Gasteiger partial charge >= 0.3 is 0 Å². The van der Waals surface area contributed by atoms with Gasteiger partial charge in [0.1, 0.15) is 5.75 Å². The van der Waals surface area contributed by atoms with Gasteiger partial charge in [-0.1, -0.05) is 30.3 Å². The van der Waals surface area contributed by atoms with E-state index in [2.05, 4.69) is 12.1 Å². The van der Waals surface area contributed by atoms with Gasteiger partial charge in [0.2, 0.25) is 5.12 Å². The molecular weight excluding hydrogens is 334 g/mol. The number of ether oxygens (including phenoxy) is 1. The van der Waals surface area contributed by atoms with Crippen LogP contribution in [0.2, 0.25) is 0 Å². The van der Waals surface area contributed by atoms with Gasteiger partial charge in [0.05, 0.1) is 7.11 Å². The summed E-state index contributed by atoms with van der Waals surface area (Å²) in [4.78, 5) is 15.1. The lowest BCUT2D eigenvalue weighted by molar-refractivity contribution is -0.118. The van der Waals surface area contributed by atoms with Crippen molar-refractivity contribution >= 4 is 33.3 Å². The number of anilines is 1. The Hall–Kier alpha value is -2.50. The summed E-state index contributed by atoms with van der Waals surface area (Å²) in [6.07, 6.45) is -1.19. The van der Waals surface area contributed by atoms with Crippen molar-refractivity contribution in [3.05, 3.63) is 66.2 Å². The smallest absolute Gasteiger partial charge is 0.243 e. The molecule has 1 aliphatic heterocycles. The van der Waals surface area contributed by atoms with Crippen LogP contribution in [0.3, 0.4) is 0 Å². The van der Waals surface area contributed by atoms with E-state index in [0.29, 0.717) is 6.54 Å². The van der Waals surface area contributed by atoms with Crippen LogP contribution in [-0.2, 0) is 11.3 Å². The number of rotatable bonds is 2. The van der Waals surface area contributed by atoms with E-state index in [9.17, 15) is 9.90 Å². The van der Waals surface area contributed by atoms with Crippen molar-refractivity contribution in [1.82, 2.24) is 0 Å². The molecule has 4 nitrogen and oxygen atoms in total. The molecular formula is C20H17NO3S. The quantitative estimate of drug-likeness (QED) is 0.761. The maximum Gasteiger partial charge on any atom is 0.243 e. The molecule has 0 aromatic heterocycles. The van der Waals surface area contributed by atoms with E-state index in [1.54, 1.807) is 12.0 Å². The first-order valence-electron chi connectivity index (χ1n) is 7.98. The van der Waals surface area contributed by atoms with Crippen LogP contribution < -0.4 is 9.64 Å². The molecule has 5 heteroatoms. The molecule has 3 aromatic carbocycles. The molecule has 3 aromatic rings. The summed E-state index contributed by atoms with van der Waals surface area (Å²) in [5, 5.41) is 12.5. The predicted octanol–water partition coefficient (Wildman–Crippen LogP) is 3.81. The fourth-order valence-corrected chi connectivity index (χ4v) is 4.01. The van der Waals surface area contributed by atoms with Crippen molar-refractivity contribution in [3.8, 4) is 5.75 Å². The zero-order chi connectivity index (χ0) is 17.4. The van der Waals surface area contributed by atoms with Crippen LogP contribution in [0.1, 0.15) is 5.56 Å². The van der Waals surface area contributed by atoms with E-state index in [1.165, 1.54) is 0 Å². The van der Waals surface area contributed by atoms with E-state index in [4.69, 9.17) is 4.74 Å². The number of aliphatic hydroxyl groups excluding tert-OH is 1. The van der Waals surface area contributed by atoms with Gasteiger partial charge in [-0.25, -0.2) is 0 Å². The fourth-order valence-electron chi connectivity index (χ4n) is 3.13. The summed E-state index contributed by atoms with van der Waals surface area (Å²) >= 11 is 1.11. The standard InChI is InChI=1S/C20H17NO3S/c1-24-15-9-7-14(8-10-15)21-12-17-16-5-3-2-4-13(16)6-11-18(17)25-20(23)19(21)22/h2-11,19,22H,12H2,1H3. The number of aliphatic hydroxyl groups is 1. The Kier molecular flexibility index (Phi) is 4.11. The summed E-state index contributed by atoms with van der Waals surface area (Å²) in [5.41, 5.74) is 1.84. The fraction of sp³-hybridized carbons (Fsp3) is 0.150. The highest BCUT2D eigenvalue weighted by Crippen LogP contribution is 2.37. The van der Waals surface area contributed by atoms with Crippen LogP contribution in [0.5, 0.6) is 5.75 Å². The molecule has 4 rings (SSSR count). The maximum absolute atomic E-state index is 12.5. The van der Waals surface area contributed by atoms with Gasteiger partial charge < -0.3 is 14.7 Å². The SMILES string of the molecule is COc1ccc(N2Cc3c(ccc4ccccc34)SC(=O)C2O)cc1. The number of fused-ring (bicyclic) bond motifs is 3. The van der Waals surface area contributed by atoms with Crippen LogP contribution in [0.4, 0.5) is 5.69 Å². The van der Waals surface area contributed by atoms with Crippen LogP contribution in [0.15, 0.2) is 65.6 Å². The lowest BCUT2D eigenvalue weighted by Crippen LogP contribution is -2.38. The van der Waals surface area contributed by atoms with Gasteiger partial charge in [-0.15, -0.1) is 0 Å². The minimum Gasteiger partial charge on any atom is -0.497 e. The lowest BCUT2D eigenvalue weighted by Gasteiger charge is -2.27. The van der Waals surface area contributed by atoms with Crippen LogP contribution in [0, 0.1) is 0 Å². The second-order valence-electron chi connectivity index (χ2n) is 5.88. The zero-order valence-corrected chi connectivity index (χ0v) is 14.5. The average Bonchev–Trinajstić information content (AvgIpc) is 2.79. The Labute approximate surface area is 150 Å². The number of carbonyl (C=O) groups is 1. The summed E-state index contributed by atoms with van der Waals surface area (Å²) in [5.74, 6) is 0.736. The van der Waals surface area contributed by atoms with E-state index >= 15 is 0 Å². The molecule has 1 atom stereocenters. The van der Waals surface area contributed by atoms with Gasteiger partial charge in [-0.05, 0) is 58.4 Å². The minimum atomic E-state index is -1.19. The average molecular weight is 351 g/mol. The molecule has 0 amide bonds. The van der Waals surface area contributed by atoms with Gasteiger partial charge in [0.25, 0.3) is 0 Å². The monoisotopic (exact) mass is 351 g/mol. The Bertz CT molecular complexity index is 939. The molecule has 1 heterocycles. The van der Waals surface area contributed by atoms with Gasteiger partial charge in [-0.2, -0.15) is 0 Å². The number of hydrogen-bond acceptors (Lipinski definition) is 5. The maximum atomic E-state index is 12.5. The molecule has 0 saturated carbocycles. The Morgan fingerprint density at radius 3 is 2.60 bits per heavy atom. The number of nitrogens with zero attached hydrogens (tertiary/aromatic N) is 1. The topological polar surface area (TPSA) is 49.8 Å². The summed E-state index contributed by atoms with van der Waals surface area (Å²) in [6, 6.07) is 19.5. The third kappa shape index (κ3) is 2.86. The molecule has 1 aliphatic rings. The predicted molar refractivity (Wildman–Crippen MR) is 100.0 cm³/mol. The first-order chi connectivity index (χ1) is 12.2. The van der Waals surface area contributed by atoms with Crippen LogP contribution >= 0.6 is 11.8 Å². The summed E-state index contributed by atoms with van der Waals surface area (Å²) in [7, 11) is 1.61. The van der Waals surface area contributed by atoms with E-state index < -0.39 is 6.23 Å². The largest absolute Gasteiger partial charge is 0.497 e. The van der Waals surface area contributed by atoms with Crippen molar-refractivity contribution in [2.45, 2.75) is 17.7 Å². The van der Waals surface area contributed by atoms with Crippen molar-refractivity contribution in [2.75, 3.05) is 12.0 Å². The van der Waals surface area contributed by atoms with Crippen molar-refractivity contribution in [1.29, 1.82) is 0 Å². The molecule has 0 bridgehead atoms. The highest BCUT2D eigenvalue weighted by molar-refractivity contribution is 8.13.